The molecule has 3 nitrogen and oxygen atoms in total. The van der Waals surface area contributed by atoms with Gasteiger partial charge in [0.25, 0.3) is 0 Å². The van der Waals surface area contributed by atoms with E-state index in [1.54, 1.807) is 0 Å². The molecule has 100 valence electrons. The van der Waals surface area contributed by atoms with E-state index in [2.05, 4.69) is 13.8 Å². The van der Waals surface area contributed by atoms with Crippen molar-refractivity contribution in [1.29, 1.82) is 0 Å². The van der Waals surface area contributed by atoms with Gasteiger partial charge in [-0.3, -0.25) is 0 Å². The Labute approximate surface area is 105 Å². The first-order valence-electron chi connectivity index (χ1n) is 6.44. The molecule has 0 saturated heterocycles. The zero-order valence-electron chi connectivity index (χ0n) is 11.9. The number of esters is 1. The van der Waals surface area contributed by atoms with Gasteiger partial charge in [0.15, 0.2) is 0 Å². The first-order valence-corrected chi connectivity index (χ1v) is 6.44. The van der Waals surface area contributed by atoms with Crippen LogP contribution in [0.5, 0.6) is 0 Å². The molecule has 0 aromatic carbocycles. The largest absolute Gasteiger partial charge is 0.462 e. The summed E-state index contributed by atoms with van der Waals surface area (Å²) < 4.78 is 5.24. The standard InChI is InChI=1S/C14H27NO2/c1-10(2)8-13(6-7-15)12(5)14(16)17-9-11(3)4/h10-11H,6-9,15H2,1-5H3. The molecule has 0 atom stereocenters. The van der Waals surface area contributed by atoms with Gasteiger partial charge in [0.2, 0.25) is 0 Å². The summed E-state index contributed by atoms with van der Waals surface area (Å²) in [7, 11) is 0. The van der Waals surface area contributed by atoms with Crippen LogP contribution in [0.2, 0.25) is 0 Å². The Morgan fingerprint density at radius 1 is 1.18 bits per heavy atom. The number of rotatable bonds is 7. The average Bonchev–Trinajstić information content (AvgIpc) is 2.23. The average molecular weight is 241 g/mol. The highest BCUT2D eigenvalue weighted by Gasteiger charge is 2.13. The monoisotopic (exact) mass is 241 g/mol. The molecule has 2 N–H and O–H groups in total. The van der Waals surface area contributed by atoms with Crippen LogP contribution >= 0.6 is 0 Å². The fourth-order valence-electron chi connectivity index (χ4n) is 1.60. The first-order chi connectivity index (χ1) is 7.88. The summed E-state index contributed by atoms with van der Waals surface area (Å²) in [6, 6.07) is 0. The molecule has 0 amide bonds. The van der Waals surface area contributed by atoms with E-state index in [0.717, 1.165) is 24.0 Å². The third kappa shape index (κ3) is 7.16. The Kier molecular flexibility index (Phi) is 7.88. The van der Waals surface area contributed by atoms with E-state index in [0.29, 0.717) is 25.0 Å². The number of hydrogen-bond acceptors (Lipinski definition) is 3. The van der Waals surface area contributed by atoms with Crippen molar-refractivity contribution in [2.45, 2.75) is 47.5 Å². The van der Waals surface area contributed by atoms with E-state index in [9.17, 15) is 4.79 Å². The second kappa shape index (κ2) is 8.29. The number of ether oxygens (including phenoxy) is 1. The van der Waals surface area contributed by atoms with Crippen LogP contribution in [0.3, 0.4) is 0 Å². The molecule has 0 aliphatic heterocycles. The van der Waals surface area contributed by atoms with Crippen LogP contribution in [0.25, 0.3) is 0 Å². The number of carbonyl (C=O) groups excluding carboxylic acids is 1. The number of nitrogens with two attached hydrogens (primary N) is 1. The Morgan fingerprint density at radius 2 is 1.76 bits per heavy atom. The summed E-state index contributed by atoms with van der Waals surface area (Å²) in [4.78, 5) is 11.8. The van der Waals surface area contributed by atoms with E-state index >= 15 is 0 Å². The van der Waals surface area contributed by atoms with E-state index < -0.39 is 0 Å². The SMILES string of the molecule is CC(C(=O)OCC(C)C)=C(CCN)CC(C)C. The Hall–Kier alpha value is -0.830. The lowest BCUT2D eigenvalue weighted by molar-refractivity contribution is -0.140. The topological polar surface area (TPSA) is 52.3 Å². The van der Waals surface area contributed by atoms with Gasteiger partial charge in [-0.2, -0.15) is 0 Å². The number of hydrogen-bond donors (Lipinski definition) is 1. The zero-order valence-corrected chi connectivity index (χ0v) is 11.9. The second-order valence-corrected chi connectivity index (χ2v) is 5.36. The summed E-state index contributed by atoms with van der Waals surface area (Å²) in [5.74, 6) is 0.710. The van der Waals surface area contributed by atoms with Gasteiger partial charge in [-0.25, -0.2) is 4.79 Å². The van der Waals surface area contributed by atoms with Crippen LogP contribution in [0.15, 0.2) is 11.1 Å². The molecule has 0 aromatic rings. The van der Waals surface area contributed by atoms with Gasteiger partial charge < -0.3 is 10.5 Å². The molecular formula is C14H27NO2. The third-order valence-corrected chi connectivity index (χ3v) is 2.49. The highest BCUT2D eigenvalue weighted by atomic mass is 16.5. The minimum Gasteiger partial charge on any atom is -0.462 e. The van der Waals surface area contributed by atoms with Gasteiger partial charge in [-0.15, -0.1) is 0 Å². The summed E-state index contributed by atoms with van der Waals surface area (Å²) in [5, 5.41) is 0. The fraction of sp³-hybridized carbons (Fsp3) is 0.786. The quantitative estimate of drug-likeness (QED) is 0.551. The molecule has 0 unspecified atom stereocenters. The Bertz CT molecular complexity index is 267. The molecule has 0 rings (SSSR count). The van der Waals surface area contributed by atoms with Gasteiger partial charge in [-0.1, -0.05) is 33.3 Å². The highest BCUT2D eigenvalue weighted by molar-refractivity contribution is 5.88. The van der Waals surface area contributed by atoms with Crippen molar-refractivity contribution >= 4 is 5.97 Å². The lowest BCUT2D eigenvalue weighted by Crippen LogP contribution is -2.14. The molecular weight excluding hydrogens is 214 g/mol. The van der Waals surface area contributed by atoms with Crippen LogP contribution in [0.4, 0.5) is 0 Å². The lowest BCUT2D eigenvalue weighted by Gasteiger charge is -2.14. The van der Waals surface area contributed by atoms with Crippen molar-refractivity contribution in [1.82, 2.24) is 0 Å². The molecule has 0 fully saturated rings. The predicted octanol–water partition coefficient (Wildman–Crippen LogP) is 2.90. The van der Waals surface area contributed by atoms with Gasteiger partial charge in [0.05, 0.1) is 6.61 Å². The maximum absolute atomic E-state index is 11.8. The van der Waals surface area contributed by atoms with E-state index in [1.807, 2.05) is 20.8 Å². The third-order valence-electron chi connectivity index (χ3n) is 2.49. The van der Waals surface area contributed by atoms with Crippen LogP contribution in [0.1, 0.15) is 47.5 Å². The molecule has 0 spiro atoms. The minimum atomic E-state index is -0.192. The second-order valence-electron chi connectivity index (χ2n) is 5.36. The van der Waals surface area contributed by atoms with Crippen molar-refractivity contribution in [2.75, 3.05) is 13.2 Å². The zero-order chi connectivity index (χ0) is 13.4. The molecule has 0 aromatic heterocycles. The smallest absolute Gasteiger partial charge is 0.333 e. The van der Waals surface area contributed by atoms with Gasteiger partial charge in [0.1, 0.15) is 0 Å². The van der Waals surface area contributed by atoms with Crippen LogP contribution in [0, 0.1) is 11.8 Å². The molecule has 3 heteroatoms. The summed E-state index contributed by atoms with van der Waals surface area (Å²) in [5.41, 5.74) is 7.45. The molecule has 0 aliphatic carbocycles. The Morgan fingerprint density at radius 3 is 2.18 bits per heavy atom. The lowest BCUT2D eigenvalue weighted by atomic mass is 9.96. The van der Waals surface area contributed by atoms with Gasteiger partial charge >= 0.3 is 5.97 Å². The van der Waals surface area contributed by atoms with Crippen LogP contribution in [-0.4, -0.2) is 19.1 Å². The summed E-state index contributed by atoms with van der Waals surface area (Å²) in [6.07, 6.45) is 1.70. The maximum Gasteiger partial charge on any atom is 0.333 e. The first kappa shape index (κ1) is 16.2. The Balaban J connectivity index is 4.61. The molecule has 0 heterocycles. The van der Waals surface area contributed by atoms with Crippen molar-refractivity contribution in [2.24, 2.45) is 17.6 Å². The van der Waals surface area contributed by atoms with E-state index in [1.165, 1.54) is 0 Å². The summed E-state index contributed by atoms with van der Waals surface area (Å²) in [6.45, 7) is 11.2. The molecule has 0 aliphatic rings. The minimum absolute atomic E-state index is 0.192. The number of carbonyl (C=O) groups is 1. The van der Waals surface area contributed by atoms with Crippen molar-refractivity contribution in [3.05, 3.63) is 11.1 Å². The van der Waals surface area contributed by atoms with Crippen LogP contribution < -0.4 is 5.73 Å². The fourth-order valence-corrected chi connectivity index (χ4v) is 1.60. The van der Waals surface area contributed by atoms with Gasteiger partial charge in [0, 0.05) is 5.57 Å². The van der Waals surface area contributed by atoms with Crippen molar-refractivity contribution in [3.8, 4) is 0 Å². The molecule has 17 heavy (non-hydrogen) atoms. The molecule has 0 saturated carbocycles. The van der Waals surface area contributed by atoms with Gasteiger partial charge in [-0.05, 0) is 38.1 Å². The summed E-state index contributed by atoms with van der Waals surface area (Å²) >= 11 is 0. The normalized spacial score (nSPS) is 12.9. The van der Waals surface area contributed by atoms with Crippen molar-refractivity contribution < 1.29 is 9.53 Å². The molecule has 0 radical (unpaired) electrons. The predicted molar refractivity (Wildman–Crippen MR) is 71.6 cm³/mol. The van der Waals surface area contributed by atoms with Crippen molar-refractivity contribution in [3.63, 3.8) is 0 Å². The maximum atomic E-state index is 11.8. The van der Waals surface area contributed by atoms with E-state index in [-0.39, 0.29) is 5.97 Å². The van der Waals surface area contributed by atoms with Crippen LogP contribution in [-0.2, 0) is 9.53 Å². The molecule has 0 bridgehead atoms. The highest BCUT2D eigenvalue weighted by Crippen LogP contribution is 2.19. The van der Waals surface area contributed by atoms with E-state index in [4.69, 9.17) is 10.5 Å².